The number of carbonyl (C=O) groups excluding carboxylic acids is 1. The molecule has 2 saturated heterocycles. The van der Waals surface area contributed by atoms with Crippen molar-refractivity contribution in [3.05, 3.63) is 11.8 Å². The minimum atomic E-state index is -0.877. The lowest BCUT2D eigenvalue weighted by Crippen LogP contribution is -2.43. The van der Waals surface area contributed by atoms with Gasteiger partial charge in [-0.1, -0.05) is 0 Å². The first-order valence-corrected chi connectivity index (χ1v) is 9.26. The molecule has 0 unspecified atom stereocenters. The van der Waals surface area contributed by atoms with Crippen molar-refractivity contribution >= 4 is 23.6 Å². The average Bonchev–Trinajstić information content (AvgIpc) is 3.36. The van der Waals surface area contributed by atoms with Crippen LogP contribution in [-0.2, 0) is 9.59 Å². The first kappa shape index (κ1) is 17.1. The van der Waals surface area contributed by atoms with Gasteiger partial charge >= 0.3 is 5.97 Å². The molecule has 3 fully saturated rings. The highest BCUT2D eigenvalue weighted by molar-refractivity contribution is 5.87. The van der Waals surface area contributed by atoms with Crippen LogP contribution in [-0.4, -0.2) is 57.5 Å². The molecule has 4 rings (SSSR count). The number of nitrogens with zero attached hydrogens (tertiary/aromatic N) is 4. The third kappa shape index (κ3) is 3.08. The molecule has 3 heterocycles. The van der Waals surface area contributed by atoms with Gasteiger partial charge in [-0.25, -0.2) is 9.78 Å². The van der Waals surface area contributed by atoms with E-state index < -0.39 is 12.0 Å². The second kappa shape index (κ2) is 6.10. The average molecular weight is 359 g/mol. The maximum atomic E-state index is 12.5. The molecular weight excluding hydrogens is 334 g/mol. The maximum Gasteiger partial charge on any atom is 0.326 e. The Labute approximate surface area is 152 Å². The maximum absolute atomic E-state index is 12.5. The third-order valence-electron chi connectivity index (χ3n) is 6.01. The van der Waals surface area contributed by atoms with E-state index in [-0.39, 0.29) is 23.2 Å². The lowest BCUT2D eigenvalue weighted by molar-refractivity contribution is -0.148. The van der Waals surface area contributed by atoms with Gasteiger partial charge in [0.15, 0.2) is 0 Å². The number of carbonyl (C=O) groups is 2. The Kier molecular flexibility index (Phi) is 4.00. The number of aliphatic carboxylic acids is 1. The van der Waals surface area contributed by atoms with Gasteiger partial charge in [-0.3, -0.25) is 4.79 Å². The number of aromatic nitrogens is 2. The number of hydrogen-bond donors (Lipinski definition) is 2. The standard InChI is InChI=1S/C18H25N5O3/c1-11-8-14(21-17(19)20-11)22-6-4-18(5-7-22)9-13(16(25)26)23(10-18)15(24)12-2-3-12/h8,12-13H,2-7,9-10H2,1H3,(H,25,26)(H2,19,20,21)/t13-/m1/s1. The van der Waals surface area contributed by atoms with Crippen molar-refractivity contribution in [1.82, 2.24) is 14.9 Å². The number of hydrogen-bond acceptors (Lipinski definition) is 6. The summed E-state index contributed by atoms with van der Waals surface area (Å²) >= 11 is 0. The highest BCUT2D eigenvalue weighted by Gasteiger charge is 2.51. The van der Waals surface area contributed by atoms with Crippen molar-refractivity contribution in [2.24, 2.45) is 11.3 Å². The predicted molar refractivity (Wildman–Crippen MR) is 95.5 cm³/mol. The molecule has 0 aromatic carbocycles. The van der Waals surface area contributed by atoms with Crippen LogP contribution in [0.2, 0.25) is 0 Å². The van der Waals surface area contributed by atoms with Gasteiger partial charge < -0.3 is 20.6 Å². The number of amides is 1. The summed E-state index contributed by atoms with van der Waals surface area (Å²) < 4.78 is 0. The lowest BCUT2D eigenvalue weighted by Gasteiger charge is -2.39. The molecule has 0 radical (unpaired) electrons. The second-order valence-corrected chi connectivity index (χ2v) is 8.01. The molecule has 1 aromatic heterocycles. The first-order chi connectivity index (χ1) is 12.4. The Balaban J connectivity index is 1.47. The van der Waals surface area contributed by atoms with E-state index in [1.165, 1.54) is 0 Å². The number of rotatable bonds is 3. The first-order valence-electron chi connectivity index (χ1n) is 9.26. The van der Waals surface area contributed by atoms with Gasteiger partial charge in [-0.2, -0.15) is 4.98 Å². The molecule has 0 bridgehead atoms. The van der Waals surface area contributed by atoms with Crippen molar-refractivity contribution in [1.29, 1.82) is 0 Å². The molecule has 2 aliphatic heterocycles. The Morgan fingerprint density at radius 2 is 1.96 bits per heavy atom. The van der Waals surface area contributed by atoms with E-state index in [0.29, 0.717) is 13.0 Å². The topological polar surface area (TPSA) is 113 Å². The third-order valence-corrected chi connectivity index (χ3v) is 6.01. The number of nitrogen functional groups attached to an aromatic ring is 1. The lowest BCUT2D eigenvalue weighted by atomic mass is 9.76. The molecule has 1 saturated carbocycles. The van der Waals surface area contributed by atoms with Gasteiger partial charge in [0.05, 0.1) is 0 Å². The molecule has 26 heavy (non-hydrogen) atoms. The fourth-order valence-electron chi connectivity index (χ4n) is 4.38. The van der Waals surface area contributed by atoms with Gasteiger partial charge in [0.1, 0.15) is 11.9 Å². The zero-order chi connectivity index (χ0) is 18.5. The Hall–Kier alpha value is -2.38. The largest absolute Gasteiger partial charge is 0.480 e. The van der Waals surface area contributed by atoms with E-state index in [2.05, 4.69) is 14.9 Å². The van der Waals surface area contributed by atoms with Crippen LogP contribution < -0.4 is 10.6 Å². The summed E-state index contributed by atoms with van der Waals surface area (Å²) in [6.45, 7) is 4.03. The number of piperidine rings is 1. The van der Waals surface area contributed by atoms with E-state index in [9.17, 15) is 14.7 Å². The monoisotopic (exact) mass is 359 g/mol. The molecule has 8 nitrogen and oxygen atoms in total. The molecular formula is C18H25N5O3. The van der Waals surface area contributed by atoms with E-state index in [0.717, 1.165) is 50.3 Å². The quantitative estimate of drug-likeness (QED) is 0.829. The minimum absolute atomic E-state index is 0.0379. The van der Waals surface area contributed by atoms with Crippen LogP contribution in [0.1, 0.15) is 37.8 Å². The number of nitrogens with two attached hydrogens (primary N) is 1. The normalized spacial score (nSPS) is 24.9. The molecule has 3 aliphatic rings. The molecule has 1 amide bonds. The molecule has 1 aromatic rings. The fourth-order valence-corrected chi connectivity index (χ4v) is 4.38. The highest BCUT2D eigenvalue weighted by Crippen LogP contribution is 2.46. The number of anilines is 2. The Morgan fingerprint density at radius 3 is 2.54 bits per heavy atom. The summed E-state index contributed by atoms with van der Waals surface area (Å²) in [5.74, 6) is 0.310. The van der Waals surface area contributed by atoms with E-state index >= 15 is 0 Å². The summed E-state index contributed by atoms with van der Waals surface area (Å²) in [4.78, 5) is 36.5. The van der Waals surface area contributed by atoms with Crippen molar-refractivity contribution in [3.8, 4) is 0 Å². The van der Waals surface area contributed by atoms with Crippen LogP contribution in [0.4, 0.5) is 11.8 Å². The van der Waals surface area contributed by atoms with Crippen molar-refractivity contribution in [2.75, 3.05) is 30.3 Å². The highest BCUT2D eigenvalue weighted by atomic mass is 16.4. The summed E-state index contributed by atoms with van der Waals surface area (Å²) in [5, 5.41) is 9.60. The SMILES string of the molecule is Cc1cc(N2CCC3(CC2)C[C@H](C(=O)O)N(C(=O)C2CC2)C3)nc(N)n1. The van der Waals surface area contributed by atoms with Crippen LogP contribution in [0.25, 0.3) is 0 Å². The van der Waals surface area contributed by atoms with E-state index in [1.807, 2.05) is 13.0 Å². The van der Waals surface area contributed by atoms with Gasteiger partial charge in [0, 0.05) is 37.3 Å². The van der Waals surface area contributed by atoms with Crippen LogP contribution >= 0.6 is 0 Å². The van der Waals surface area contributed by atoms with Gasteiger partial charge in [-0.15, -0.1) is 0 Å². The van der Waals surface area contributed by atoms with Crippen molar-refractivity contribution < 1.29 is 14.7 Å². The van der Waals surface area contributed by atoms with E-state index in [1.54, 1.807) is 4.90 Å². The minimum Gasteiger partial charge on any atom is -0.480 e. The zero-order valence-corrected chi connectivity index (χ0v) is 15.0. The fraction of sp³-hybridized carbons (Fsp3) is 0.667. The number of aryl methyl sites for hydroxylation is 1. The molecule has 140 valence electrons. The van der Waals surface area contributed by atoms with Crippen molar-refractivity contribution in [3.63, 3.8) is 0 Å². The second-order valence-electron chi connectivity index (χ2n) is 8.01. The Bertz CT molecular complexity index is 720. The summed E-state index contributed by atoms with van der Waals surface area (Å²) in [6, 6.07) is 1.25. The van der Waals surface area contributed by atoms with Crippen LogP contribution in [0.15, 0.2) is 6.07 Å². The molecule has 1 spiro atoms. The molecule has 1 atom stereocenters. The van der Waals surface area contributed by atoms with Gasteiger partial charge in [-0.05, 0) is 44.4 Å². The van der Waals surface area contributed by atoms with E-state index in [4.69, 9.17) is 5.73 Å². The van der Waals surface area contributed by atoms with Crippen LogP contribution in [0.5, 0.6) is 0 Å². The predicted octanol–water partition coefficient (Wildman–Crippen LogP) is 1.05. The number of carboxylic acid groups (broad SMARTS) is 1. The van der Waals surface area contributed by atoms with Crippen LogP contribution in [0, 0.1) is 18.3 Å². The summed E-state index contributed by atoms with van der Waals surface area (Å²) in [7, 11) is 0. The molecule has 8 heteroatoms. The van der Waals surface area contributed by atoms with Gasteiger partial charge in [0.2, 0.25) is 11.9 Å². The number of likely N-dealkylation sites (tertiary alicyclic amines) is 1. The summed E-state index contributed by atoms with van der Waals surface area (Å²) in [5.41, 5.74) is 6.50. The zero-order valence-electron chi connectivity index (χ0n) is 15.0. The number of carboxylic acids is 1. The molecule has 1 aliphatic carbocycles. The summed E-state index contributed by atoms with van der Waals surface area (Å²) in [6.07, 6.45) is 4.07. The van der Waals surface area contributed by atoms with Crippen molar-refractivity contribution in [2.45, 2.75) is 45.1 Å². The Morgan fingerprint density at radius 1 is 1.27 bits per heavy atom. The molecule has 3 N–H and O–H groups in total. The smallest absolute Gasteiger partial charge is 0.326 e. The van der Waals surface area contributed by atoms with Crippen LogP contribution in [0.3, 0.4) is 0 Å². The van der Waals surface area contributed by atoms with Gasteiger partial charge in [0.25, 0.3) is 0 Å².